The predicted octanol–water partition coefficient (Wildman–Crippen LogP) is 4.62. The fourth-order valence-electron chi connectivity index (χ4n) is 2.44. The van der Waals surface area contributed by atoms with Crippen molar-refractivity contribution < 1.29 is 18.0 Å². The smallest absolute Gasteiger partial charge is 0.337 e. The van der Waals surface area contributed by atoms with Crippen molar-refractivity contribution in [1.82, 2.24) is 5.32 Å². The molecule has 1 saturated carbocycles. The van der Waals surface area contributed by atoms with Crippen molar-refractivity contribution in [3.63, 3.8) is 0 Å². The summed E-state index contributed by atoms with van der Waals surface area (Å²) in [4.78, 5) is 13.2. The fraction of sp³-hybridized carbons (Fsp3) is 0.312. The minimum Gasteiger partial charge on any atom is -0.337 e. The maximum absolute atomic E-state index is 12.6. The summed E-state index contributed by atoms with van der Waals surface area (Å²) in [5, 5.41) is 7.21. The van der Waals surface area contributed by atoms with Gasteiger partial charge in [-0.3, -0.25) is 0 Å². The number of thiophene rings is 1. The lowest BCUT2D eigenvalue weighted by Crippen LogP contribution is -2.35. The van der Waals surface area contributed by atoms with E-state index in [4.69, 9.17) is 0 Å². The van der Waals surface area contributed by atoms with Crippen LogP contribution in [0.2, 0.25) is 0 Å². The molecule has 1 aliphatic rings. The molecular weight excluding hydrogens is 325 g/mol. The number of carbonyl (C=O) groups excluding carboxylic acids is 1. The summed E-state index contributed by atoms with van der Waals surface area (Å²) in [5.74, 6) is 0. The molecule has 0 unspecified atom stereocenters. The molecule has 2 aromatic rings. The second-order valence-corrected chi connectivity index (χ2v) is 6.59. The molecule has 1 aromatic heterocycles. The van der Waals surface area contributed by atoms with E-state index < -0.39 is 17.8 Å². The zero-order valence-electron chi connectivity index (χ0n) is 12.1. The zero-order chi connectivity index (χ0) is 16.5. The minimum atomic E-state index is -4.43. The van der Waals surface area contributed by atoms with Crippen LogP contribution in [0.5, 0.6) is 0 Å². The van der Waals surface area contributed by atoms with Gasteiger partial charge in [0.05, 0.1) is 5.56 Å². The van der Waals surface area contributed by atoms with Gasteiger partial charge in [0.2, 0.25) is 0 Å². The molecule has 1 aliphatic carbocycles. The minimum absolute atomic E-state index is 0.000670. The Balaban J connectivity index is 1.58. The average Bonchev–Trinajstić information content (AvgIpc) is 3.08. The van der Waals surface area contributed by atoms with Crippen LogP contribution in [0.25, 0.3) is 0 Å². The summed E-state index contributed by atoms with van der Waals surface area (Å²) in [6, 6.07) is 8.12. The van der Waals surface area contributed by atoms with Crippen LogP contribution >= 0.6 is 11.3 Å². The van der Waals surface area contributed by atoms with Crippen molar-refractivity contribution in [3.05, 3.63) is 52.2 Å². The number of halogens is 3. The second-order valence-electron chi connectivity index (χ2n) is 5.64. The highest BCUT2D eigenvalue weighted by Crippen LogP contribution is 2.49. The first-order valence-corrected chi connectivity index (χ1v) is 8.03. The largest absolute Gasteiger partial charge is 0.416 e. The van der Waals surface area contributed by atoms with Crippen molar-refractivity contribution in [2.75, 3.05) is 11.9 Å². The number of carbonyl (C=O) groups is 1. The lowest BCUT2D eigenvalue weighted by molar-refractivity contribution is -0.137. The molecule has 7 heteroatoms. The molecular formula is C16H15F3N2OS. The Bertz CT molecular complexity index is 694. The van der Waals surface area contributed by atoms with Gasteiger partial charge in [0.1, 0.15) is 0 Å². The topological polar surface area (TPSA) is 41.1 Å². The maximum atomic E-state index is 12.6. The molecule has 0 spiro atoms. The first-order chi connectivity index (χ1) is 10.9. The van der Waals surface area contributed by atoms with E-state index in [1.54, 1.807) is 11.3 Å². The van der Waals surface area contributed by atoms with Crippen LogP contribution in [-0.4, -0.2) is 12.6 Å². The molecule has 0 atom stereocenters. The highest BCUT2D eigenvalue weighted by molar-refractivity contribution is 7.10. The maximum Gasteiger partial charge on any atom is 0.416 e. The number of anilines is 1. The summed E-state index contributed by atoms with van der Waals surface area (Å²) in [6.45, 7) is 0.484. The third-order valence-corrected chi connectivity index (χ3v) is 5.05. The Labute approximate surface area is 135 Å². The number of benzene rings is 1. The second kappa shape index (κ2) is 5.88. The SMILES string of the molecule is O=C(NCC1(c2cccs2)CC1)Nc1cccc(C(F)(F)F)c1. The monoisotopic (exact) mass is 340 g/mol. The van der Waals surface area contributed by atoms with Crippen molar-refractivity contribution in [2.45, 2.75) is 24.4 Å². The van der Waals surface area contributed by atoms with Crippen LogP contribution < -0.4 is 10.6 Å². The third kappa shape index (κ3) is 3.67. The van der Waals surface area contributed by atoms with E-state index in [-0.39, 0.29) is 11.1 Å². The van der Waals surface area contributed by atoms with Gasteiger partial charge in [-0.1, -0.05) is 12.1 Å². The fourth-order valence-corrected chi connectivity index (χ4v) is 3.43. The normalized spacial score (nSPS) is 16.0. The average molecular weight is 340 g/mol. The Kier molecular flexibility index (Phi) is 4.06. The standard InChI is InChI=1S/C16H15F3N2OS/c17-16(18,19)11-3-1-4-12(9-11)21-14(22)20-10-15(6-7-15)13-5-2-8-23-13/h1-5,8-9H,6-7,10H2,(H2,20,21,22). The summed E-state index contributed by atoms with van der Waals surface area (Å²) < 4.78 is 37.9. The molecule has 0 bridgehead atoms. The van der Waals surface area contributed by atoms with Gasteiger partial charge in [-0.05, 0) is 42.5 Å². The van der Waals surface area contributed by atoms with Gasteiger partial charge in [0.15, 0.2) is 0 Å². The number of hydrogen-bond donors (Lipinski definition) is 2. The number of urea groups is 1. The van der Waals surface area contributed by atoms with Crippen LogP contribution in [-0.2, 0) is 11.6 Å². The first-order valence-electron chi connectivity index (χ1n) is 7.15. The van der Waals surface area contributed by atoms with Crippen LogP contribution in [0.4, 0.5) is 23.7 Å². The number of alkyl halides is 3. The van der Waals surface area contributed by atoms with E-state index in [2.05, 4.69) is 10.6 Å². The molecule has 3 rings (SSSR count). The van der Waals surface area contributed by atoms with E-state index >= 15 is 0 Å². The van der Waals surface area contributed by atoms with E-state index in [1.807, 2.05) is 17.5 Å². The van der Waals surface area contributed by atoms with E-state index in [9.17, 15) is 18.0 Å². The van der Waals surface area contributed by atoms with Crippen molar-refractivity contribution in [1.29, 1.82) is 0 Å². The molecule has 122 valence electrons. The lowest BCUT2D eigenvalue weighted by atomic mass is 10.1. The molecule has 2 N–H and O–H groups in total. The first kappa shape index (κ1) is 15.9. The zero-order valence-corrected chi connectivity index (χ0v) is 12.9. The molecule has 3 nitrogen and oxygen atoms in total. The third-order valence-electron chi connectivity index (χ3n) is 3.93. The van der Waals surface area contributed by atoms with E-state index in [0.29, 0.717) is 6.54 Å². The van der Waals surface area contributed by atoms with E-state index in [1.165, 1.54) is 17.0 Å². The Morgan fingerprint density at radius 2 is 2.00 bits per heavy atom. The Hall–Kier alpha value is -2.02. The predicted molar refractivity (Wildman–Crippen MR) is 83.7 cm³/mol. The summed E-state index contributed by atoms with van der Waals surface area (Å²) in [6.07, 6.45) is -2.40. The molecule has 1 aromatic carbocycles. The molecule has 23 heavy (non-hydrogen) atoms. The Morgan fingerprint density at radius 3 is 2.61 bits per heavy atom. The van der Waals surface area contributed by atoms with Crippen LogP contribution in [0, 0.1) is 0 Å². The van der Waals surface area contributed by atoms with Crippen LogP contribution in [0.15, 0.2) is 41.8 Å². The van der Waals surface area contributed by atoms with Crippen LogP contribution in [0.1, 0.15) is 23.3 Å². The molecule has 1 heterocycles. The van der Waals surface area contributed by atoms with Crippen molar-refractivity contribution in [3.8, 4) is 0 Å². The van der Waals surface area contributed by atoms with Crippen LogP contribution in [0.3, 0.4) is 0 Å². The summed E-state index contributed by atoms with van der Waals surface area (Å²) >= 11 is 1.66. The number of nitrogens with one attached hydrogen (secondary N) is 2. The van der Waals surface area contributed by atoms with Gasteiger partial charge in [0.25, 0.3) is 0 Å². The molecule has 1 fully saturated rings. The number of amides is 2. The highest BCUT2D eigenvalue weighted by Gasteiger charge is 2.45. The summed E-state index contributed by atoms with van der Waals surface area (Å²) in [5.41, 5.74) is -0.662. The number of rotatable bonds is 4. The van der Waals surface area contributed by atoms with E-state index in [0.717, 1.165) is 25.0 Å². The van der Waals surface area contributed by atoms with Gasteiger partial charge in [0, 0.05) is 22.5 Å². The number of hydrogen-bond acceptors (Lipinski definition) is 2. The molecule has 0 radical (unpaired) electrons. The van der Waals surface area contributed by atoms with Crippen molar-refractivity contribution in [2.24, 2.45) is 0 Å². The van der Waals surface area contributed by atoms with Gasteiger partial charge in [-0.2, -0.15) is 13.2 Å². The van der Waals surface area contributed by atoms with Gasteiger partial charge in [-0.15, -0.1) is 11.3 Å². The lowest BCUT2D eigenvalue weighted by Gasteiger charge is -2.15. The quantitative estimate of drug-likeness (QED) is 0.838. The molecule has 0 saturated heterocycles. The highest BCUT2D eigenvalue weighted by atomic mass is 32.1. The van der Waals surface area contributed by atoms with Gasteiger partial charge >= 0.3 is 12.2 Å². The summed E-state index contributed by atoms with van der Waals surface area (Å²) in [7, 11) is 0. The molecule has 0 aliphatic heterocycles. The van der Waals surface area contributed by atoms with Crippen molar-refractivity contribution >= 4 is 23.1 Å². The Morgan fingerprint density at radius 1 is 1.22 bits per heavy atom. The molecule has 2 amide bonds. The van der Waals surface area contributed by atoms with Gasteiger partial charge < -0.3 is 10.6 Å². The van der Waals surface area contributed by atoms with Gasteiger partial charge in [-0.25, -0.2) is 4.79 Å².